The second-order valence-electron chi connectivity index (χ2n) is 2.29. The maximum atomic E-state index is 12.5. The average molecular weight is 188 g/mol. The van der Waals surface area contributed by atoms with Crippen LogP contribution in [0.4, 0.5) is 10.1 Å². The van der Waals surface area contributed by atoms with E-state index in [1.807, 2.05) is 0 Å². The van der Waals surface area contributed by atoms with Gasteiger partial charge in [-0.3, -0.25) is 4.79 Å². The molecule has 64 valence electrons. The summed E-state index contributed by atoms with van der Waals surface area (Å²) in [6.45, 7) is 0. The summed E-state index contributed by atoms with van der Waals surface area (Å²) in [5.74, 6) is -0.900. The number of anilines is 1. The summed E-state index contributed by atoms with van der Waals surface area (Å²) in [6, 6.07) is 3.60. The van der Waals surface area contributed by atoms with E-state index in [0.717, 1.165) is 6.07 Å². The maximum Gasteiger partial charge on any atom is 0.179 e. The number of rotatable bonds is 2. The minimum atomic E-state index is -0.460. The van der Waals surface area contributed by atoms with Gasteiger partial charge in [-0.1, -0.05) is 0 Å². The Morgan fingerprint density at radius 1 is 1.58 bits per heavy atom. The third-order valence-electron chi connectivity index (χ3n) is 1.44. The first kappa shape index (κ1) is 9.00. The summed E-state index contributed by atoms with van der Waals surface area (Å²) in [4.78, 5) is 11.0. The molecule has 0 aliphatic heterocycles. The van der Waals surface area contributed by atoms with E-state index in [9.17, 15) is 9.18 Å². The van der Waals surface area contributed by atoms with Crippen molar-refractivity contribution in [2.24, 2.45) is 0 Å². The predicted molar refractivity (Wildman–Crippen MR) is 45.9 cm³/mol. The van der Waals surface area contributed by atoms with Crippen molar-refractivity contribution in [2.75, 3.05) is 11.6 Å². The minimum Gasteiger partial charge on any atom is -0.398 e. The van der Waals surface area contributed by atoms with Crippen molar-refractivity contribution >= 4 is 23.1 Å². The van der Waals surface area contributed by atoms with Crippen LogP contribution < -0.4 is 5.73 Å². The van der Waals surface area contributed by atoms with Crippen LogP contribution in [-0.2, 0) is 0 Å². The zero-order valence-corrected chi connectivity index (χ0v) is 6.94. The largest absolute Gasteiger partial charge is 0.398 e. The van der Waals surface area contributed by atoms with Crippen LogP contribution in [0.2, 0.25) is 0 Å². The summed E-state index contributed by atoms with van der Waals surface area (Å²) in [6.07, 6.45) is 0. The van der Waals surface area contributed by atoms with E-state index in [-0.39, 0.29) is 22.9 Å². The molecule has 2 N–H and O–H groups in total. The lowest BCUT2D eigenvalue weighted by Crippen LogP contribution is -2.04. The molecule has 0 saturated heterocycles. The lowest BCUT2D eigenvalue weighted by molar-refractivity contribution is 0.102. The lowest BCUT2D eigenvalue weighted by atomic mass is 10.1. The second kappa shape index (κ2) is 3.54. The van der Waals surface area contributed by atoms with Gasteiger partial charge in [-0.25, -0.2) is 4.39 Å². The van der Waals surface area contributed by atoms with E-state index in [0.29, 0.717) is 0 Å². The van der Waals surface area contributed by atoms with Gasteiger partial charge in [-0.2, -0.15) is 0 Å². The molecular formula is C8H7ClFNO. The number of Topliss-reactive ketones (excluding diaryl/α,β-unsaturated/α-hetero) is 1. The van der Waals surface area contributed by atoms with Crippen molar-refractivity contribution < 1.29 is 9.18 Å². The highest BCUT2D eigenvalue weighted by Gasteiger charge is 2.08. The van der Waals surface area contributed by atoms with Crippen molar-refractivity contribution in [1.82, 2.24) is 0 Å². The number of nitrogens with two attached hydrogens (primary N) is 1. The normalized spacial score (nSPS) is 9.83. The number of halogens is 2. The van der Waals surface area contributed by atoms with Crippen LogP contribution in [0.1, 0.15) is 10.4 Å². The number of carbonyl (C=O) groups is 1. The SMILES string of the molecule is Nc1cc(F)ccc1C(=O)CCl. The smallest absolute Gasteiger partial charge is 0.179 e. The van der Waals surface area contributed by atoms with Crippen LogP contribution in [0, 0.1) is 5.82 Å². The molecule has 1 aromatic carbocycles. The number of ketones is 1. The molecule has 0 aliphatic carbocycles. The van der Waals surface area contributed by atoms with Gasteiger partial charge in [0.05, 0.1) is 5.88 Å². The van der Waals surface area contributed by atoms with Crippen molar-refractivity contribution in [3.63, 3.8) is 0 Å². The molecule has 2 nitrogen and oxygen atoms in total. The average Bonchev–Trinajstić information content (AvgIpc) is 2.03. The third-order valence-corrected chi connectivity index (χ3v) is 1.68. The van der Waals surface area contributed by atoms with Gasteiger partial charge in [0.15, 0.2) is 5.78 Å². The Bertz CT molecular complexity index is 314. The van der Waals surface area contributed by atoms with Gasteiger partial charge >= 0.3 is 0 Å². The number of nitrogen functional groups attached to an aromatic ring is 1. The molecule has 1 aromatic rings. The van der Waals surface area contributed by atoms with Gasteiger partial charge in [0.1, 0.15) is 5.82 Å². The molecule has 12 heavy (non-hydrogen) atoms. The standard InChI is InChI=1S/C8H7ClFNO/c9-4-8(12)6-2-1-5(10)3-7(6)11/h1-3H,4,11H2. The van der Waals surface area contributed by atoms with Gasteiger partial charge in [0, 0.05) is 11.3 Å². The topological polar surface area (TPSA) is 43.1 Å². The Morgan fingerprint density at radius 3 is 2.75 bits per heavy atom. The molecule has 0 heterocycles. The fourth-order valence-electron chi connectivity index (χ4n) is 0.860. The Morgan fingerprint density at radius 2 is 2.25 bits per heavy atom. The highest BCUT2D eigenvalue weighted by atomic mass is 35.5. The highest BCUT2D eigenvalue weighted by Crippen LogP contribution is 2.14. The minimum absolute atomic E-state index is 0.126. The molecule has 0 radical (unpaired) electrons. The van der Waals surface area contributed by atoms with Crippen molar-refractivity contribution in [1.29, 1.82) is 0 Å². The van der Waals surface area contributed by atoms with Crippen LogP contribution in [-0.4, -0.2) is 11.7 Å². The Balaban J connectivity index is 3.09. The zero-order chi connectivity index (χ0) is 9.14. The lowest BCUT2D eigenvalue weighted by Gasteiger charge is -2.01. The first-order valence-corrected chi connectivity index (χ1v) is 3.83. The van der Waals surface area contributed by atoms with E-state index >= 15 is 0 Å². The van der Waals surface area contributed by atoms with E-state index in [1.54, 1.807) is 0 Å². The van der Waals surface area contributed by atoms with E-state index in [4.69, 9.17) is 17.3 Å². The number of alkyl halides is 1. The monoisotopic (exact) mass is 187 g/mol. The van der Waals surface area contributed by atoms with Crippen molar-refractivity contribution in [2.45, 2.75) is 0 Å². The van der Waals surface area contributed by atoms with Gasteiger partial charge < -0.3 is 5.73 Å². The molecule has 0 spiro atoms. The fourth-order valence-corrected chi connectivity index (χ4v) is 1.00. The van der Waals surface area contributed by atoms with E-state index < -0.39 is 5.82 Å². The maximum absolute atomic E-state index is 12.5. The Kier molecular flexibility index (Phi) is 2.65. The number of hydrogen-bond donors (Lipinski definition) is 1. The van der Waals surface area contributed by atoms with Gasteiger partial charge in [-0.05, 0) is 18.2 Å². The molecule has 4 heteroatoms. The van der Waals surface area contributed by atoms with Crippen LogP contribution in [0.3, 0.4) is 0 Å². The molecule has 0 fully saturated rings. The summed E-state index contributed by atoms with van der Waals surface area (Å²) in [5, 5.41) is 0. The Labute approximate surface area is 74.1 Å². The molecule has 1 rings (SSSR count). The van der Waals surface area contributed by atoms with Crippen molar-refractivity contribution in [3.8, 4) is 0 Å². The van der Waals surface area contributed by atoms with Gasteiger partial charge in [0.25, 0.3) is 0 Å². The van der Waals surface area contributed by atoms with Crippen molar-refractivity contribution in [3.05, 3.63) is 29.6 Å². The van der Waals surface area contributed by atoms with Crippen LogP contribution in [0.25, 0.3) is 0 Å². The zero-order valence-electron chi connectivity index (χ0n) is 6.18. The molecule has 0 amide bonds. The highest BCUT2D eigenvalue weighted by molar-refractivity contribution is 6.31. The molecule has 0 saturated carbocycles. The second-order valence-corrected chi connectivity index (χ2v) is 2.56. The van der Waals surface area contributed by atoms with E-state index in [1.165, 1.54) is 12.1 Å². The summed E-state index contributed by atoms with van der Waals surface area (Å²) in [7, 11) is 0. The summed E-state index contributed by atoms with van der Waals surface area (Å²) >= 11 is 5.30. The number of carbonyl (C=O) groups excluding carboxylic acids is 1. The number of benzene rings is 1. The summed E-state index contributed by atoms with van der Waals surface area (Å²) < 4.78 is 12.5. The van der Waals surface area contributed by atoms with Gasteiger partial charge in [0.2, 0.25) is 0 Å². The third kappa shape index (κ3) is 1.74. The Hall–Kier alpha value is -1.09. The van der Waals surface area contributed by atoms with E-state index in [2.05, 4.69) is 0 Å². The molecule has 0 aromatic heterocycles. The molecule has 0 unspecified atom stereocenters. The van der Waals surface area contributed by atoms with Gasteiger partial charge in [-0.15, -0.1) is 11.6 Å². The van der Waals surface area contributed by atoms with Crippen LogP contribution >= 0.6 is 11.6 Å². The van der Waals surface area contributed by atoms with Crippen LogP contribution in [0.5, 0.6) is 0 Å². The molecule has 0 atom stereocenters. The van der Waals surface area contributed by atoms with Crippen LogP contribution in [0.15, 0.2) is 18.2 Å². The molecular weight excluding hydrogens is 181 g/mol. The quantitative estimate of drug-likeness (QED) is 0.436. The molecule has 0 aliphatic rings. The fraction of sp³-hybridized carbons (Fsp3) is 0.125. The predicted octanol–water partition coefficient (Wildman–Crippen LogP) is 1.83. The summed E-state index contributed by atoms with van der Waals surface area (Å²) in [5.41, 5.74) is 5.77. The first-order chi connectivity index (χ1) is 5.65. The number of hydrogen-bond acceptors (Lipinski definition) is 2. The molecule has 0 bridgehead atoms. The first-order valence-electron chi connectivity index (χ1n) is 3.29.